The molecule has 0 spiro atoms. The second-order valence-corrected chi connectivity index (χ2v) is 11.0. The summed E-state index contributed by atoms with van der Waals surface area (Å²) >= 11 is 0. The van der Waals surface area contributed by atoms with Crippen LogP contribution in [0.1, 0.15) is 55.5 Å². The molecule has 2 aromatic carbocycles. The van der Waals surface area contributed by atoms with Gasteiger partial charge in [-0.15, -0.1) is 0 Å². The number of rotatable bonds is 11. The fraction of sp³-hybridized carbons (Fsp3) is 0.548. The first-order valence-corrected chi connectivity index (χ1v) is 14.3. The summed E-state index contributed by atoms with van der Waals surface area (Å²) in [4.78, 5) is 30.1. The van der Waals surface area contributed by atoms with E-state index in [2.05, 4.69) is 5.32 Å². The number of nitrogens with zero attached hydrogens (tertiary/aromatic N) is 2. The average molecular weight is 556 g/mol. The zero-order chi connectivity index (χ0) is 28.6. The van der Waals surface area contributed by atoms with Crippen LogP contribution in [-0.2, 0) is 16.0 Å². The van der Waals surface area contributed by atoms with Crippen LogP contribution in [0.5, 0.6) is 5.75 Å². The van der Waals surface area contributed by atoms with Crippen LogP contribution in [0, 0.1) is 5.82 Å². The van der Waals surface area contributed by atoms with Crippen molar-refractivity contribution in [1.82, 2.24) is 15.1 Å². The molecular weight excluding hydrogens is 513 g/mol. The summed E-state index contributed by atoms with van der Waals surface area (Å²) in [5, 5.41) is 13.2. The highest BCUT2D eigenvalue weighted by atomic mass is 19.1. The smallest absolute Gasteiger partial charge is 0.253 e. The number of amides is 2. The summed E-state index contributed by atoms with van der Waals surface area (Å²) in [5.41, 5.74) is 1.90. The van der Waals surface area contributed by atoms with Gasteiger partial charge in [0.25, 0.3) is 5.91 Å². The van der Waals surface area contributed by atoms with Crippen LogP contribution in [0.15, 0.2) is 36.4 Å². The number of β-amino-alcohol motifs (C(OH)–C–C–N with tert-alkyl or cyclic N) is 1. The summed E-state index contributed by atoms with van der Waals surface area (Å²) in [6.45, 7) is 7.47. The Balaban J connectivity index is 1.61. The highest BCUT2D eigenvalue weighted by molar-refractivity contribution is 5.96. The number of likely N-dealkylation sites (tertiary alicyclic amines) is 1. The molecule has 2 aliphatic heterocycles. The number of ether oxygens (including phenoxy) is 2. The van der Waals surface area contributed by atoms with Gasteiger partial charge in [0.2, 0.25) is 5.91 Å². The first-order chi connectivity index (χ1) is 19.3. The zero-order valence-corrected chi connectivity index (χ0v) is 23.8. The molecule has 218 valence electrons. The molecule has 1 unspecified atom stereocenters. The van der Waals surface area contributed by atoms with Gasteiger partial charge in [-0.25, -0.2) is 4.39 Å². The Bertz CT molecular complexity index is 1170. The van der Waals surface area contributed by atoms with E-state index in [0.29, 0.717) is 49.5 Å². The third-order valence-electron chi connectivity index (χ3n) is 7.61. The molecule has 9 heteroatoms. The van der Waals surface area contributed by atoms with E-state index in [1.54, 1.807) is 24.1 Å². The number of halogens is 1. The number of carbonyl (C=O) groups excluding carboxylic acids is 2. The molecule has 0 aromatic heterocycles. The number of methoxy groups -OCH3 is 1. The molecule has 0 bridgehead atoms. The zero-order valence-electron chi connectivity index (χ0n) is 23.8. The minimum absolute atomic E-state index is 0.0494. The standard InChI is InChI=1S/C31H42FN3O5/c1-21(2)35(24-6-4-12-33-19-24)30(37)17-22-7-9-26(29(16-22)40-15-5-14-39-3)27-18-23(8-10-28(27)32)31(38)34-13-11-25(36)20-34/h7-10,16,18,21,24-25,33,36H,4-6,11-15,17,19-20H2,1-3H3/t24-,25?/m1/s1. The van der Waals surface area contributed by atoms with Crippen molar-refractivity contribution in [3.05, 3.63) is 53.3 Å². The Kier molecular flexibility index (Phi) is 10.5. The highest BCUT2D eigenvalue weighted by Crippen LogP contribution is 2.34. The molecule has 0 aliphatic carbocycles. The Morgan fingerprint density at radius 2 is 1.98 bits per heavy atom. The molecule has 40 heavy (non-hydrogen) atoms. The van der Waals surface area contributed by atoms with Crippen LogP contribution in [-0.4, -0.2) is 91.4 Å². The van der Waals surface area contributed by atoms with Crippen molar-refractivity contribution in [1.29, 1.82) is 0 Å². The molecule has 4 rings (SSSR count). The van der Waals surface area contributed by atoms with Crippen LogP contribution in [0.25, 0.3) is 11.1 Å². The maximum absolute atomic E-state index is 15.2. The number of aliphatic hydroxyl groups excluding tert-OH is 1. The normalized spacial score (nSPS) is 19.2. The van der Waals surface area contributed by atoms with Gasteiger partial charge in [0.15, 0.2) is 0 Å². The Labute approximate surface area is 236 Å². The van der Waals surface area contributed by atoms with Gasteiger partial charge in [0.05, 0.1) is 19.1 Å². The quantitative estimate of drug-likeness (QED) is 0.412. The molecule has 2 aliphatic rings. The fourth-order valence-electron chi connectivity index (χ4n) is 5.63. The lowest BCUT2D eigenvalue weighted by Crippen LogP contribution is -2.52. The van der Waals surface area contributed by atoms with Crippen molar-refractivity contribution in [2.24, 2.45) is 0 Å². The number of benzene rings is 2. The van der Waals surface area contributed by atoms with Crippen molar-refractivity contribution >= 4 is 11.8 Å². The molecule has 2 fully saturated rings. The molecule has 8 nitrogen and oxygen atoms in total. The van der Waals surface area contributed by atoms with E-state index in [1.165, 1.54) is 12.1 Å². The third kappa shape index (κ3) is 7.38. The molecule has 0 radical (unpaired) electrons. The number of carbonyl (C=O) groups is 2. The van der Waals surface area contributed by atoms with Gasteiger partial charge in [-0.2, -0.15) is 0 Å². The monoisotopic (exact) mass is 555 g/mol. The van der Waals surface area contributed by atoms with E-state index in [4.69, 9.17) is 9.47 Å². The average Bonchev–Trinajstić information content (AvgIpc) is 3.38. The van der Waals surface area contributed by atoms with E-state index >= 15 is 4.39 Å². The molecule has 0 saturated carbocycles. The number of hydrogen-bond donors (Lipinski definition) is 2. The van der Waals surface area contributed by atoms with Crippen LogP contribution in [0.3, 0.4) is 0 Å². The molecule has 2 N–H and O–H groups in total. The van der Waals surface area contributed by atoms with Gasteiger partial charge < -0.3 is 29.7 Å². The van der Waals surface area contributed by atoms with Gasteiger partial charge in [-0.1, -0.05) is 12.1 Å². The summed E-state index contributed by atoms with van der Waals surface area (Å²) in [6, 6.07) is 9.95. The van der Waals surface area contributed by atoms with E-state index < -0.39 is 11.9 Å². The molecule has 2 aromatic rings. The molecular formula is C31H42FN3O5. The SMILES string of the molecule is COCCCOc1cc(CC(=O)N(C(C)C)[C@@H]2CCCNC2)ccc1-c1cc(C(=O)N2CCC(O)C2)ccc1F. The maximum Gasteiger partial charge on any atom is 0.253 e. The molecule has 2 amide bonds. The first-order valence-electron chi connectivity index (χ1n) is 14.3. The van der Waals surface area contributed by atoms with E-state index in [9.17, 15) is 14.7 Å². The fourth-order valence-corrected chi connectivity index (χ4v) is 5.63. The lowest BCUT2D eigenvalue weighted by atomic mass is 9.97. The predicted octanol–water partition coefficient (Wildman–Crippen LogP) is 3.65. The topological polar surface area (TPSA) is 91.3 Å². The van der Waals surface area contributed by atoms with Crippen LogP contribution >= 0.6 is 0 Å². The summed E-state index contributed by atoms with van der Waals surface area (Å²) in [6.07, 6.45) is 2.88. The van der Waals surface area contributed by atoms with Gasteiger partial charge in [0.1, 0.15) is 11.6 Å². The Morgan fingerprint density at radius 3 is 2.65 bits per heavy atom. The minimum atomic E-state index is -0.535. The second kappa shape index (κ2) is 14.1. The largest absolute Gasteiger partial charge is 0.493 e. The first kappa shape index (κ1) is 30.0. The molecule has 2 atom stereocenters. The summed E-state index contributed by atoms with van der Waals surface area (Å²) < 4.78 is 26.4. The Hall–Kier alpha value is -3.01. The van der Waals surface area contributed by atoms with Crippen molar-refractivity contribution in [3.63, 3.8) is 0 Å². The molecule has 2 saturated heterocycles. The number of piperidine rings is 1. The van der Waals surface area contributed by atoms with Crippen LogP contribution in [0.4, 0.5) is 4.39 Å². The van der Waals surface area contributed by atoms with Gasteiger partial charge in [-0.05, 0) is 69.5 Å². The third-order valence-corrected chi connectivity index (χ3v) is 7.61. The lowest BCUT2D eigenvalue weighted by Gasteiger charge is -2.37. The predicted molar refractivity (Wildman–Crippen MR) is 152 cm³/mol. The van der Waals surface area contributed by atoms with Gasteiger partial charge in [0, 0.05) is 68.5 Å². The van der Waals surface area contributed by atoms with Crippen molar-refractivity contribution in [2.45, 2.75) is 64.1 Å². The lowest BCUT2D eigenvalue weighted by molar-refractivity contribution is -0.135. The van der Waals surface area contributed by atoms with Gasteiger partial charge >= 0.3 is 0 Å². The van der Waals surface area contributed by atoms with E-state index in [1.807, 2.05) is 30.9 Å². The van der Waals surface area contributed by atoms with Crippen LogP contribution in [0.2, 0.25) is 0 Å². The van der Waals surface area contributed by atoms with Gasteiger partial charge in [-0.3, -0.25) is 9.59 Å². The van der Waals surface area contributed by atoms with Crippen molar-refractivity contribution in [3.8, 4) is 16.9 Å². The van der Waals surface area contributed by atoms with Crippen LogP contribution < -0.4 is 10.1 Å². The van der Waals surface area contributed by atoms with Crippen molar-refractivity contribution < 1.29 is 28.6 Å². The Morgan fingerprint density at radius 1 is 1.15 bits per heavy atom. The molecule has 2 heterocycles. The van der Waals surface area contributed by atoms with E-state index in [0.717, 1.165) is 31.5 Å². The maximum atomic E-state index is 15.2. The highest BCUT2D eigenvalue weighted by Gasteiger charge is 2.28. The number of hydrogen-bond acceptors (Lipinski definition) is 6. The number of nitrogens with one attached hydrogen (secondary N) is 1. The van der Waals surface area contributed by atoms with E-state index in [-0.39, 0.29) is 42.4 Å². The number of aliphatic hydroxyl groups is 1. The minimum Gasteiger partial charge on any atom is -0.493 e. The summed E-state index contributed by atoms with van der Waals surface area (Å²) in [7, 11) is 1.62. The van der Waals surface area contributed by atoms with Crippen molar-refractivity contribution in [2.75, 3.05) is 46.5 Å². The summed E-state index contributed by atoms with van der Waals surface area (Å²) in [5.74, 6) is -0.210. The second-order valence-electron chi connectivity index (χ2n) is 11.0.